The van der Waals surface area contributed by atoms with E-state index in [0.717, 1.165) is 33.1 Å². The molecule has 3 aliphatic rings. The van der Waals surface area contributed by atoms with Gasteiger partial charge < -0.3 is 10.0 Å². The Balaban J connectivity index is 1.42. The number of rotatable bonds is 4. The summed E-state index contributed by atoms with van der Waals surface area (Å²) in [6.45, 7) is 5.34. The number of carboxylic acids is 1. The van der Waals surface area contributed by atoms with Crippen molar-refractivity contribution in [3.8, 4) is 21.0 Å². The van der Waals surface area contributed by atoms with Crippen LogP contribution in [0.3, 0.4) is 0 Å². The Morgan fingerprint density at radius 3 is 2.66 bits per heavy atom. The van der Waals surface area contributed by atoms with E-state index in [4.69, 9.17) is 11.6 Å². The molecule has 3 saturated heterocycles. The molecule has 3 aromatic rings. The third-order valence-corrected chi connectivity index (χ3v) is 7.84. The second-order valence-electron chi connectivity index (χ2n) is 7.86. The van der Waals surface area contributed by atoms with Gasteiger partial charge in [-0.3, -0.25) is 0 Å². The van der Waals surface area contributed by atoms with Crippen LogP contribution < -0.4 is 0 Å². The summed E-state index contributed by atoms with van der Waals surface area (Å²) >= 11 is 7.90. The minimum atomic E-state index is -1.01. The summed E-state index contributed by atoms with van der Waals surface area (Å²) < 4.78 is 2.05. The molecular formula is C21H21ClN4O2S. The second-order valence-corrected chi connectivity index (χ2v) is 9.32. The number of benzene rings is 1. The molecule has 1 atom stereocenters. The van der Waals surface area contributed by atoms with Gasteiger partial charge in [0.15, 0.2) is 0 Å². The lowest BCUT2D eigenvalue weighted by atomic mass is 9.84. The maximum absolute atomic E-state index is 11.3. The fraction of sp³-hybridized carbons (Fsp3) is 0.381. The van der Waals surface area contributed by atoms with E-state index >= 15 is 0 Å². The predicted octanol–water partition coefficient (Wildman–Crippen LogP) is 4.60. The molecule has 0 saturated carbocycles. The highest BCUT2D eigenvalue weighted by atomic mass is 35.5. The number of thiophene rings is 1. The van der Waals surface area contributed by atoms with Crippen molar-refractivity contribution in [1.82, 2.24) is 19.9 Å². The molecule has 5 heterocycles. The minimum Gasteiger partial charge on any atom is -0.478 e. The van der Waals surface area contributed by atoms with E-state index in [-0.39, 0.29) is 5.56 Å². The monoisotopic (exact) mass is 428 g/mol. The van der Waals surface area contributed by atoms with Gasteiger partial charge in [-0.15, -0.1) is 16.4 Å². The van der Waals surface area contributed by atoms with Crippen LogP contribution in [0, 0.1) is 12.8 Å². The van der Waals surface area contributed by atoms with Crippen LogP contribution in [0.1, 0.15) is 34.8 Å². The third-order valence-electron chi connectivity index (χ3n) is 6.21. The molecule has 0 radical (unpaired) electrons. The molecule has 2 bridgehead atoms. The molecule has 3 fully saturated rings. The summed E-state index contributed by atoms with van der Waals surface area (Å²) in [5, 5.41) is 18.4. The Hall–Kier alpha value is -2.22. The number of nitrogens with zero attached hydrogens (tertiary/aromatic N) is 4. The number of aromatic carboxylic acids is 1. The molecule has 0 aliphatic carbocycles. The summed E-state index contributed by atoms with van der Waals surface area (Å²) in [5.41, 5.74) is 2.73. The van der Waals surface area contributed by atoms with Gasteiger partial charge in [0.05, 0.1) is 27.7 Å². The average molecular weight is 429 g/mol. The lowest BCUT2D eigenvalue weighted by molar-refractivity contribution is 0.0504. The van der Waals surface area contributed by atoms with E-state index in [9.17, 15) is 9.90 Å². The van der Waals surface area contributed by atoms with Gasteiger partial charge in [-0.25, -0.2) is 9.48 Å². The summed E-state index contributed by atoms with van der Waals surface area (Å²) in [7, 11) is 0. The van der Waals surface area contributed by atoms with Crippen LogP contribution in [0.2, 0.25) is 5.02 Å². The molecule has 6 nitrogen and oxygen atoms in total. The zero-order valence-corrected chi connectivity index (χ0v) is 17.6. The van der Waals surface area contributed by atoms with Crippen molar-refractivity contribution in [3.63, 3.8) is 0 Å². The lowest BCUT2D eigenvalue weighted by Crippen LogP contribution is -2.48. The number of hydrogen-bond donors (Lipinski definition) is 1. The van der Waals surface area contributed by atoms with Crippen molar-refractivity contribution in [1.29, 1.82) is 0 Å². The summed E-state index contributed by atoms with van der Waals surface area (Å²) in [6.07, 6.45) is 4.56. The van der Waals surface area contributed by atoms with Crippen LogP contribution in [0.15, 0.2) is 30.5 Å². The van der Waals surface area contributed by atoms with E-state index in [0.29, 0.717) is 17.0 Å². The maximum Gasteiger partial charge on any atom is 0.337 e. The first kappa shape index (κ1) is 18.8. The Kier molecular flexibility index (Phi) is 4.69. The van der Waals surface area contributed by atoms with Gasteiger partial charge in [0.1, 0.15) is 5.69 Å². The van der Waals surface area contributed by atoms with Gasteiger partial charge in [-0.2, -0.15) is 0 Å². The normalized spacial score (nSPS) is 23.4. The number of hydrogen-bond acceptors (Lipinski definition) is 5. The molecule has 0 spiro atoms. The van der Waals surface area contributed by atoms with E-state index in [2.05, 4.69) is 26.1 Å². The number of carbonyl (C=O) groups is 1. The molecule has 2 aromatic heterocycles. The largest absolute Gasteiger partial charge is 0.478 e. The first-order valence-corrected chi connectivity index (χ1v) is 11.0. The minimum absolute atomic E-state index is 0.130. The van der Waals surface area contributed by atoms with Crippen molar-refractivity contribution in [2.24, 2.45) is 5.92 Å². The van der Waals surface area contributed by atoms with Crippen LogP contribution in [-0.4, -0.2) is 50.6 Å². The Morgan fingerprint density at radius 1 is 1.21 bits per heavy atom. The van der Waals surface area contributed by atoms with Gasteiger partial charge in [0.2, 0.25) is 0 Å². The second kappa shape index (κ2) is 7.23. The quantitative estimate of drug-likeness (QED) is 0.657. The zero-order valence-electron chi connectivity index (χ0n) is 16.0. The summed E-state index contributed by atoms with van der Waals surface area (Å²) in [5.74, 6) is -0.313. The Labute approximate surface area is 177 Å². The van der Waals surface area contributed by atoms with Crippen molar-refractivity contribution < 1.29 is 9.90 Å². The van der Waals surface area contributed by atoms with E-state index in [1.165, 1.54) is 25.9 Å². The molecule has 0 unspecified atom stereocenters. The van der Waals surface area contributed by atoms with Gasteiger partial charge in [0.25, 0.3) is 0 Å². The number of aromatic nitrogens is 3. The van der Waals surface area contributed by atoms with Gasteiger partial charge in [-0.05, 0) is 68.1 Å². The van der Waals surface area contributed by atoms with Crippen LogP contribution in [0.25, 0.3) is 21.0 Å². The SMILES string of the molecule is Cc1c(-c2ccc(-c3cn([C@H]4CN5CCC4CC5)nn3)s2)ccc(C(=O)O)c1Cl. The molecule has 6 rings (SSSR count). The number of fused-ring (bicyclic) bond motifs is 3. The fourth-order valence-corrected chi connectivity index (χ4v) is 5.81. The van der Waals surface area contributed by atoms with Gasteiger partial charge >= 0.3 is 5.97 Å². The van der Waals surface area contributed by atoms with E-state index < -0.39 is 5.97 Å². The standard InChI is InChI=1S/C21H21ClN4O2S/c1-12-14(2-3-15(20(12)22)21(27)28)18-4-5-19(29-18)16-10-26(24-23-16)17-11-25-8-6-13(17)7-9-25/h2-5,10,13,17H,6-9,11H2,1H3,(H,27,28)/t17-/m0/s1. The van der Waals surface area contributed by atoms with E-state index in [1.54, 1.807) is 17.4 Å². The molecule has 1 aromatic carbocycles. The molecular weight excluding hydrogens is 408 g/mol. The number of halogens is 1. The lowest BCUT2D eigenvalue weighted by Gasteiger charge is -2.44. The van der Waals surface area contributed by atoms with E-state index in [1.807, 2.05) is 25.1 Å². The predicted molar refractivity (Wildman–Crippen MR) is 114 cm³/mol. The number of carboxylic acid groups (broad SMARTS) is 1. The molecule has 8 heteroatoms. The summed E-state index contributed by atoms with van der Waals surface area (Å²) in [4.78, 5) is 15.9. The summed E-state index contributed by atoms with van der Waals surface area (Å²) in [6, 6.07) is 7.89. The van der Waals surface area contributed by atoms with Gasteiger partial charge in [0, 0.05) is 11.4 Å². The Morgan fingerprint density at radius 2 is 1.97 bits per heavy atom. The Bertz CT molecular complexity index is 1080. The fourth-order valence-electron chi connectivity index (χ4n) is 4.52. The molecule has 0 amide bonds. The molecule has 150 valence electrons. The highest BCUT2D eigenvalue weighted by Crippen LogP contribution is 2.39. The smallest absolute Gasteiger partial charge is 0.337 e. The first-order valence-electron chi connectivity index (χ1n) is 9.78. The van der Waals surface area contributed by atoms with Crippen molar-refractivity contribution in [3.05, 3.63) is 46.6 Å². The molecule has 29 heavy (non-hydrogen) atoms. The maximum atomic E-state index is 11.3. The van der Waals surface area contributed by atoms with Crippen LogP contribution in [0.5, 0.6) is 0 Å². The highest BCUT2D eigenvalue weighted by molar-refractivity contribution is 7.18. The zero-order chi connectivity index (χ0) is 20.1. The van der Waals surface area contributed by atoms with Crippen LogP contribution >= 0.6 is 22.9 Å². The average Bonchev–Trinajstić information content (AvgIpc) is 3.40. The highest BCUT2D eigenvalue weighted by Gasteiger charge is 2.35. The third kappa shape index (κ3) is 3.27. The number of piperidine rings is 3. The molecule has 1 N–H and O–H groups in total. The first-order chi connectivity index (χ1) is 14.0. The van der Waals surface area contributed by atoms with Crippen LogP contribution in [0.4, 0.5) is 0 Å². The molecule has 3 aliphatic heterocycles. The van der Waals surface area contributed by atoms with Crippen molar-refractivity contribution in [2.45, 2.75) is 25.8 Å². The topological polar surface area (TPSA) is 71.2 Å². The van der Waals surface area contributed by atoms with Crippen LogP contribution in [-0.2, 0) is 0 Å². The van der Waals surface area contributed by atoms with Crippen molar-refractivity contribution >= 4 is 28.9 Å². The van der Waals surface area contributed by atoms with Gasteiger partial charge in [-0.1, -0.05) is 22.9 Å². The van der Waals surface area contributed by atoms with Crippen molar-refractivity contribution in [2.75, 3.05) is 19.6 Å².